The van der Waals surface area contributed by atoms with E-state index in [4.69, 9.17) is 0 Å². The van der Waals surface area contributed by atoms with Gasteiger partial charge < -0.3 is 0 Å². The van der Waals surface area contributed by atoms with Gasteiger partial charge in [-0.1, -0.05) is 115 Å². The highest BCUT2D eigenvalue weighted by molar-refractivity contribution is 5.85. The van der Waals surface area contributed by atoms with Crippen LogP contribution in [-0.2, 0) is 0 Å². The molecule has 0 saturated carbocycles. The summed E-state index contributed by atoms with van der Waals surface area (Å²) in [6, 6.07) is 63.2. The summed E-state index contributed by atoms with van der Waals surface area (Å²) in [4.78, 5) is 21.5. The monoisotopic (exact) mass is 767 g/mol. The molecule has 7 aromatic carbocycles. The topological polar surface area (TPSA) is 64.5 Å². The van der Waals surface area contributed by atoms with Gasteiger partial charge in [0.25, 0.3) is 0 Å². The van der Waals surface area contributed by atoms with Gasteiger partial charge in [-0.3, -0.25) is 4.98 Å². The Morgan fingerprint density at radius 1 is 0.183 bits per heavy atom. The fraction of sp³-hybridized carbons (Fsp3) is 0. The Morgan fingerprint density at radius 3 is 0.717 bits per heavy atom. The lowest BCUT2D eigenvalue weighted by atomic mass is 9.91. The van der Waals surface area contributed by atoms with Crippen LogP contribution in [0.25, 0.3) is 100 Å². The maximum absolute atomic E-state index is 4.36. The first-order valence-electron chi connectivity index (χ1n) is 19.9. The average molecular weight is 768 g/mol. The van der Waals surface area contributed by atoms with Crippen molar-refractivity contribution >= 4 is 0 Å². The fourth-order valence-electron chi connectivity index (χ4n) is 7.83. The van der Waals surface area contributed by atoms with E-state index in [9.17, 15) is 0 Å². The number of pyridine rings is 1. The lowest BCUT2D eigenvalue weighted by Crippen LogP contribution is -1.89. The molecule has 0 unspecified atom stereocenters. The van der Waals surface area contributed by atoms with Gasteiger partial charge in [0.1, 0.15) is 12.7 Å². The Balaban J connectivity index is 0.997. The van der Waals surface area contributed by atoms with Crippen LogP contribution in [0.2, 0.25) is 0 Å². The van der Waals surface area contributed by atoms with Crippen LogP contribution in [0.5, 0.6) is 0 Å². The maximum Gasteiger partial charge on any atom is 0.115 e. The van der Waals surface area contributed by atoms with Gasteiger partial charge in [-0.25, -0.2) is 19.9 Å². The van der Waals surface area contributed by atoms with E-state index >= 15 is 0 Å². The summed E-state index contributed by atoms with van der Waals surface area (Å²) >= 11 is 0. The van der Waals surface area contributed by atoms with Crippen molar-refractivity contribution in [3.63, 3.8) is 0 Å². The molecule has 10 rings (SSSR count). The van der Waals surface area contributed by atoms with Gasteiger partial charge in [0.05, 0.1) is 0 Å². The predicted octanol–water partition coefficient (Wildman–Crippen LogP) is 13.7. The average Bonchev–Trinajstić information content (AvgIpc) is 3.35. The second-order valence-electron chi connectivity index (χ2n) is 14.8. The van der Waals surface area contributed by atoms with Crippen molar-refractivity contribution < 1.29 is 0 Å². The summed E-state index contributed by atoms with van der Waals surface area (Å²) in [7, 11) is 0. The van der Waals surface area contributed by atoms with E-state index in [0.29, 0.717) is 0 Å². The molecule has 5 heteroatoms. The lowest BCUT2D eigenvalue weighted by molar-refractivity contribution is 1.17. The van der Waals surface area contributed by atoms with Crippen molar-refractivity contribution in [2.24, 2.45) is 0 Å². The van der Waals surface area contributed by atoms with Crippen LogP contribution in [0.1, 0.15) is 0 Å². The molecule has 0 atom stereocenters. The van der Waals surface area contributed by atoms with Crippen LogP contribution in [0, 0.1) is 0 Å². The van der Waals surface area contributed by atoms with E-state index in [1.54, 1.807) is 18.9 Å². The molecule has 0 saturated heterocycles. The lowest BCUT2D eigenvalue weighted by Gasteiger charge is -2.14. The Hall–Kier alpha value is -8.15. The third-order valence-corrected chi connectivity index (χ3v) is 10.9. The van der Waals surface area contributed by atoms with Crippen molar-refractivity contribution in [2.45, 2.75) is 0 Å². The standard InChI is InChI=1S/C55H37N5/c1-8-38(42-12-3-16-46(24-42)50-20-7-21-56-31-50)22-39(9-1)43-13-4-17-47(25-43)51-28-52(30-53(29-51)55-34-59-37-60-35-55)48-18-5-14-44(26-48)40-10-2-11-41(23-40)45-15-6-19-49(27-45)54-32-57-36-58-33-54/h1-37H. The van der Waals surface area contributed by atoms with Crippen LogP contribution in [0.3, 0.4) is 0 Å². The molecule has 3 aromatic heterocycles. The first-order chi connectivity index (χ1) is 29.7. The zero-order valence-electron chi connectivity index (χ0n) is 32.6. The largest absolute Gasteiger partial charge is 0.264 e. The van der Waals surface area contributed by atoms with Crippen molar-refractivity contribution in [1.29, 1.82) is 0 Å². The minimum absolute atomic E-state index is 0.964. The summed E-state index contributed by atoms with van der Waals surface area (Å²) in [5.41, 5.74) is 20.0. The van der Waals surface area contributed by atoms with Crippen LogP contribution in [-0.4, -0.2) is 24.9 Å². The molecule has 282 valence electrons. The minimum atomic E-state index is 0.964. The summed E-state index contributed by atoms with van der Waals surface area (Å²) in [5.74, 6) is 0. The molecule has 0 N–H and O–H groups in total. The zero-order valence-corrected chi connectivity index (χ0v) is 32.6. The molecule has 0 aliphatic rings. The molecule has 0 bridgehead atoms. The van der Waals surface area contributed by atoms with E-state index in [2.05, 4.69) is 195 Å². The third kappa shape index (κ3) is 7.76. The second kappa shape index (κ2) is 16.4. The summed E-state index contributed by atoms with van der Waals surface area (Å²) < 4.78 is 0. The molecule has 0 fully saturated rings. The molecule has 0 amide bonds. The SMILES string of the molecule is c1cncc(-c2cccc(-c3cccc(-c4cccc(-c5cc(-c6cncnc6)cc(-c6cccc(-c7cccc(-c8cccc(-c9cncnc9)c8)c7)c6)c5)c4)c3)c2)c1. The van der Waals surface area contributed by atoms with Crippen LogP contribution in [0.4, 0.5) is 0 Å². The Kier molecular flexibility index (Phi) is 9.88. The number of nitrogens with zero attached hydrogens (tertiary/aromatic N) is 5. The number of benzene rings is 7. The highest BCUT2D eigenvalue weighted by Crippen LogP contribution is 2.37. The van der Waals surface area contributed by atoms with Gasteiger partial charge in [0.15, 0.2) is 0 Å². The quantitative estimate of drug-likeness (QED) is 0.146. The first-order valence-corrected chi connectivity index (χ1v) is 19.9. The zero-order chi connectivity index (χ0) is 40.1. The Morgan fingerprint density at radius 2 is 0.400 bits per heavy atom. The first kappa shape index (κ1) is 36.2. The van der Waals surface area contributed by atoms with Crippen molar-refractivity contribution in [1.82, 2.24) is 24.9 Å². The van der Waals surface area contributed by atoms with Crippen LogP contribution >= 0.6 is 0 Å². The molecule has 0 radical (unpaired) electrons. The second-order valence-corrected chi connectivity index (χ2v) is 14.8. The molecule has 0 aliphatic heterocycles. The predicted molar refractivity (Wildman–Crippen MR) is 244 cm³/mol. The summed E-state index contributed by atoms with van der Waals surface area (Å²) in [5, 5.41) is 0. The highest BCUT2D eigenvalue weighted by atomic mass is 14.8. The fourth-order valence-corrected chi connectivity index (χ4v) is 7.83. The van der Waals surface area contributed by atoms with Crippen LogP contribution in [0.15, 0.2) is 226 Å². The number of hydrogen-bond acceptors (Lipinski definition) is 5. The van der Waals surface area contributed by atoms with Gasteiger partial charge in [-0.2, -0.15) is 0 Å². The van der Waals surface area contributed by atoms with Gasteiger partial charge >= 0.3 is 0 Å². The molecule has 60 heavy (non-hydrogen) atoms. The van der Waals surface area contributed by atoms with E-state index < -0.39 is 0 Å². The van der Waals surface area contributed by atoms with E-state index in [0.717, 1.165) is 89.0 Å². The van der Waals surface area contributed by atoms with Crippen LogP contribution < -0.4 is 0 Å². The normalized spacial score (nSPS) is 11.0. The summed E-state index contributed by atoms with van der Waals surface area (Å²) in [6.45, 7) is 0. The summed E-state index contributed by atoms with van der Waals surface area (Å²) in [6.07, 6.45) is 14.3. The smallest absolute Gasteiger partial charge is 0.115 e. The molecule has 0 aliphatic carbocycles. The molecule has 5 nitrogen and oxygen atoms in total. The van der Waals surface area contributed by atoms with E-state index in [1.165, 1.54) is 11.1 Å². The Bertz CT molecular complexity index is 2900. The van der Waals surface area contributed by atoms with Gasteiger partial charge in [-0.05, 0) is 144 Å². The molecule has 0 spiro atoms. The van der Waals surface area contributed by atoms with E-state index in [-0.39, 0.29) is 0 Å². The van der Waals surface area contributed by atoms with Gasteiger partial charge in [0.2, 0.25) is 0 Å². The van der Waals surface area contributed by atoms with Gasteiger partial charge in [-0.15, -0.1) is 0 Å². The van der Waals surface area contributed by atoms with Crippen molar-refractivity contribution in [2.75, 3.05) is 0 Å². The molecule has 3 heterocycles. The molecular formula is C55H37N5. The van der Waals surface area contributed by atoms with E-state index in [1.807, 2.05) is 37.1 Å². The molecule has 10 aromatic rings. The highest BCUT2D eigenvalue weighted by Gasteiger charge is 2.12. The number of hydrogen-bond donors (Lipinski definition) is 0. The number of aromatic nitrogens is 5. The Labute approximate surface area is 349 Å². The van der Waals surface area contributed by atoms with Gasteiger partial charge in [0, 0.05) is 53.9 Å². The number of rotatable bonds is 9. The van der Waals surface area contributed by atoms with Crippen molar-refractivity contribution in [3.8, 4) is 100 Å². The third-order valence-electron chi connectivity index (χ3n) is 10.9. The minimum Gasteiger partial charge on any atom is -0.264 e. The molecular weight excluding hydrogens is 731 g/mol. The van der Waals surface area contributed by atoms with Crippen molar-refractivity contribution in [3.05, 3.63) is 226 Å². The maximum atomic E-state index is 4.36.